The number of nitrogens with one attached hydrogen (secondary N) is 2. The van der Waals surface area contributed by atoms with Crippen molar-refractivity contribution in [1.82, 2.24) is 10.6 Å². The molecule has 6 heteroatoms. The number of ether oxygens (including phenoxy) is 3. The molecule has 0 aromatic carbocycles. The smallest absolute Gasteiger partial charge is 0.191 e. The molecule has 1 saturated heterocycles. The second kappa shape index (κ2) is 9.97. The fourth-order valence-electron chi connectivity index (χ4n) is 1.94. The third-order valence-corrected chi connectivity index (χ3v) is 3.59. The van der Waals surface area contributed by atoms with E-state index < -0.39 is 0 Å². The molecular weight excluding hydrogens is 270 g/mol. The molecule has 1 atom stereocenters. The third kappa shape index (κ3) is 8.24. The van der Waals surface area contributed by atoms with Crippen LogP contribution in [0.5, 0.6) is 0 Å². The summed E-state index contributed by atoms with van der Waals surface area (Å²) in [6, 6.07) is 0. The Morgan fingerprint density at radius 3 is 2.81 bits per heavy atom. The Hall–Kier alpha value is -0.850. The summed E-state index contributed by atoms with van der Waals surface area (Å²) in [4.78, 5) is 4.19. The first kappa shape index (κ1) is 18.2. The summed E-state index contributed by atoms with van der Waals surface area (Å²) in [6.07, 6.45) is 2.09. The first-order chi connectivity index (χ1) is 10.1. The monoisotopic (exact) mass is 301 g/mol. The molecule has 0 amide bonds. The summed E-state index contributed by atoms with van der Waals surface area (Å²) < 4.78 is 16.3. The first-order valence-corrected chi connectivity index (χ1v) is 7.72. The summed E-state index contributed by atoms with van der Waals surface area (Å²) in [5.74, 6) is 1.38. The molecule has 0 saturated carbocycles. The van der Waals surface area contributed by atoms with Gasteiger partial charge >= 0.3 is 0 Å². The van der Waals surface area contributed by atoms with Crippen molar-refractivity contribution >= 4 is 5.96 Å². The van der Waals surface area contributed by atoms with Crippen LogP contribution in [0, 0.1) is 5.92 Å². The van der Waals surface area contributed by atoms with Crippen molar-refractivity contribution in [2.24, 2.45) is 10.9 Å². The second-order valence-electron chi connectivity index (χ2n) is 5.97. The molecule has 0 aromatic rings. The predicted molar refractivity (Wildman–Crippen MR) is 84.8 cm³/mol. The molecule has 21 heavy (non-hydrogen) atoms. The van der Waals surface area contributed by atoms with E-state index in [-0.39, 0.29) is 5.60 Å². The second-order valence-corrected chi connectivity index (χ2v) is 5.97. The topological polar surface area (TPSA) is 64.1 Å². The van der Waals surface area contributed by atoms with E-state index in [1.54, 1.807) is 14.2 Å². The molecule has 2 N–H and O–H groups in total. The van der Waals surface area contributed by atoms with Crippen molar-refractivity contribution in [1.29, 1.82) is 0 Å². The maximum Gasteiger partial charge on any atom is 0.191 e. The van der Waals surface area contributed by atoms with Gasteiger partial charge in [0.25, 0.3) is 0 Å². The molecule has 0 radical (unpaired) electrons. The Labute approximate surface area is 128 Å². The quantitative estimate of drug-likeness (QED) is 0.378. The first-order valence-electron chi connectivity index (χ1n) is 7.72. The van der Waals surface area contributed by atoms with Crippen molar-refractivity contribution < 1.29 is 14.2 Å². The molecule has 0 spiro atoms. The Balaban J connectivity index is 2.01. The van der Waals surface area contributed by atoms with Gasteiger partial charge in [-0.15, -0.1) is 0 Å². The molecule has 1 fully saturated rings. The van der Waals surface area contributed by atoms with E-state index >= 15 is 0 Å². The highest BCUT2D eigenvalue weighted by Crippen LogP contribution is 2.12. The Morgan fingerprint density at radius 1 is 1.38 bits per heavy atom. The van der Waals surface area contributed by atoms with E-state index in [0.29, 0.717) is 12.5 Å². The van der Waals surface area contributed by atoms with Crippen molar-refractivity contribution in [2.75, 3.05) is 53.7 Å². The van der Waals surface area contributed by atoms with Gasteiger partial charge in [-0.25, -0.2) is 0 Å². The zero-order valence-electron chi connectivity index (χ0n) is 13.9. The zero-order valence-corrected chi connectivity index (χ0v) is 13.9. The molecule has 1 heterocycles. The molecule has 1 aliphatic heterocycles. The van der Waals surface area contributed by atoms with Crippen molar-refractivity contribution in [2.45, 2.75) is 32.3 Å². The van der Waals surface area contributed by atoms with Crippen molar-refractivity contribution in [3.8, 4) is 0 Å². The predicted octanol–water partition coefficient (Wildman–Crippen LogP) is 1.02. The highest BCUT2D eigenvalue weighted by Gasteiger charge is 2.16. The summed E-state index contributed by atoms with van der Waals surface area (Å²) in [5.41, 5.74) is -0.204. The largest absolute Gasteiger partial charge is 0.381 e. The van der Waals surface area contributed by atoms with Gasteiger partial charge in [0, 0.05) is 46.4 Å². The highest BCUT2D eigenvalue weighted by atomic mass is 16.5. The van der Waals surface area contributed by atoms with Gasteiger partial charge in [0.1, 0.15) is 0 Å². The molecule has 0 aliphatic carbocycles. The van der Waals surface area contributed by atoms with E-state index in [9.17, 15) is 0 Å². The standard InChI is InChI=1S/C15H31N3O3/c1-15(2,19-4)12-18-14(16-3)17-7-5-8-20-10-13-6-9-21-11-13/h13H,5-12H2,1-4H3,(H2,16,17,18). The fraction of sp³-hybridized carbons (Fsp3) is 0.933. The fourth-order valence-corrected chi connectivity index (χ4v) is 1.94. The Kier molecular flexibility index (Phi) is 8.64. The van der Waals surface area contributed by atoms with Crippen LogP contribution in [0.2, 0.25) is 0 Å². The van der Waals surface area contributed by atoms with E-state index in [0.717, 1.165) is 51.8 Å². The number of hydrogen-bond acceptors (Lipinski definition) is 4. The van der Waals surface area contributed by atoms with Gasteiger partial charge in [-0.3, -0.25) is 4.99 Å². The van der Waals surface area contributed by atoms with Gasteiger partial charge in [-0.2, -0.15) is 0 Å². The molecule has 6 nitrogen and oxygen atoms in total. The van der Waals surface area contributed by atoms with Crippen LogP contribution in [-0.4, -0.2) is 65.2 Å². The van der Waals surface area contributed by atoms with Gasteiger partial charge < -0.3 is 24.8 Å². The van der Waals surface area contributed by atoms with Gasteiger partial charge in [0.05, 0.1) is 18.8 Å². The SMILES string of the molecule is CN=C(NCCCOCC1CCOC1)NCC(C)(C)OC. The normalized spacial score (nSPS) is 19.8. The average Bonchev–Trinajstić information content (AvgIpc) is 2.99. The lowest BCUT2D eigenvalue weighted by Gasteiger charge is -2.24. The Morgan fingerprint density at radius 2 is 2.19 bits per heavy atom. The summed E-state index contributed by atoms with van der Waals surface area (Å²) >= 11 is 0. The summed E-state index contributed by atoms with van der Waals surface area (Å²) in [5, 5.41) is 6.53. The lowest BCUT2D eigenvalue weighted by molar-refractivity contribution is 0.0268. The van der Waals surface area contributed by atoms with Crippen LogP contribution in [0.1, 0.15) is 26.7 Å². The van der Waals surface area contributed by atoms with Crippen molar-refractivity contribution in [3.63, 3.8) is 0 Å². The molecule has 1 unspecified atom stereocenters. The van der Waals surface area contributed by atoms with E-state index in [2.05, 4.69) is 15.6 Å². The maximum absolute atomic E-state index is 5.66. The van der Waals surface area contributed by atoms with Crippen LogP contribution < -0.4 is 10.6 Å². The van der Waals surface area contributed by atoms with Gasteiger partial charge in [0.15, 0.2) is 5.96 Å². The van der Waals surface area contributed by atoms with Crippen LogP contribution >= 0.6 is 0 Å². The number of aliphatic imine (C=N–C) groups is 1. The van der Waals surface area contributed by atoms with Crippen LogP contribution in [0.3, 0.4) is 0 Å². The number of guanidine groups is 1. The maximum atomic E-state index is 5.66. The van der Waals surface area contributed by atoms with Crippen LogP contribution in [0.15, 0.2) is 4.99 Å². The van der Waals surface area contributed by atoms with Gasteiger partial charge in [-0.1, -0.05) is 0 Å². The lowest BCUT2D eigenvalue weighted by Crippen LogP contribution is -2.45. The van der Waals surface area contributed by atoms with E-state index in [1.165, 1.54) is 0 Å². The minimum atomic E-state index is -0.204. The number of methoxy groups -OCH3 is 1. The third-order valence-electron chi connectivity index (χ3n) is 3.59. The van der Waals surface area contributed by atoms with Gasteiger partial charge in [-0.05, 0) is 26.7 Å². The number of hydrogen-bond donors (Lipinski definition) is 2. The molecule has 124 valence electrons. The van der Waals surface area contributed by atoms with Crippen molar-refractivity contribution in [3.05, 3.63) is 0 Å². The lowest BCUT2D eigenvalue weighted by atomic mass is 10.1. The Bertz CT molecular complexity index is 303. The zero-order chi connectivity index (χ0) is 15.6. The minimum absolute atomic E-state index is 0.204. The van der Waals surface area contributed by atoms with Crippen LogP contribution in [-0.2, 0) is 14.2 Å². The van der Waals surface area contributed by atoms with Crippen LogP contribution in [0.4, 0.5) is 0 Å². The molecule has 1 rings (SSSR count). The van der Waals surface area contributed by atoms with E-state index in [4.69, 9.17) is 14.2 Å². The molecule has 0 bridgehead atoms. The summed E-state index contributed by atoms with van der Waals surface area (Å²) in [6.45, 7) is 8.94. The average molecular weight is 301 g/mol. The molecule has 0 aromatic heterocycles. The molecule has 1 aliphatic rings. The highest BCUT2D eigenvalue weighted by molar-refractivity contribution is 5.79. The summed E-state index contributed by atoms with van der Waals surface area (Å²) in [7, 11) is 3.48. The van der Waals surface area contributed by atoms with Gasteiger partial charge in [0.2, 0.25) is 0 Å². The minimum Gasteiger partial charge on any atom is -0.381 e. The number of rotatable bonds is 9. The number of nitrogens with zero attached hydrogens (tertiary/aromatic N) is 1. The van der Waals surface area contributed by atoms with E-state index in [1.807, 2.05) is 13.8 Å². The van der Waals surface area contributed by atoms with Crippen LogP contribution in [0.25, 0.3) is 0 Å². The molecular formula is C15H31N3O3.